The Labute approximate surface area is 154 Å². The van der Waals surface area contributed by atoms with Gasteiger partial charge in [-0.1, -0.05) is 6.92 Å². The second kappa shape index (κ2) is 7.14. The number of fused-ring (bicyclic) bond motifs is 1. The van der Waals surface area contributed by atoms with E-state index in [0.29, 0.717) is 11.3 Å². The molecule has 0 saturated carbocycles. The number of halogens is 1. The lowest BCUT2D eigenvalue weighted by molar-refractivity contribution is -0.384. The number of non-ortho nitro benzene ring substituents is 1. The molecule has 0 saturated heterocycles. The Bertz CT molecular complexity index is 926. The number of Topliss-reactive ketones (excluding diaryl/α,β-unsaturated/α-hetero) is 1. The number of benzene rings is 2. The number of nitrogens with zero attached hydrogens (tertiary/aromatic N) is 2. The first-order valence-corrected chi connectivity index (χ1v) is 8.29. The van der Waals surface area contributed by atoms with Crippen LogP contribution in [0.5, 0.6) is 5.75 Å². The molecular formula is C19H17FN2O5. The first-order chi connectivity index (χ1) is 12.8. The molecule has 27 heavy (non-hydrogen) atoms. The molecule has 0 bridgehead atoms. The second-order valence-corrected chi connectivity index (χ2v) is 6.38. The van der Waals surface area contributed by atoms with Gasteiger partial charge in [-0.05, 0) is 30.2 Å². The summed E-state index contributed by atoms with van der Waals surface area (Å²) in [6, 6.07) is 8.09. The van der Waals surface area contributed by atoms with Crippen LogP contribution >= 0.6 is 0 Å². The summed E-state index contributed by atoms with van der Waals surface area (Å²) in [6.45, 7) is 1.41. The van der Waals surface area contributed by atoms with Crippen molar-refractivity contribution in [2.75, 3.05) is 18.6 Å². The van der Waals surface area contributed by atoms with E-state index >= 15 is 0 Å². The minimum atomic E-state index is -0.526. The smallest absolute Gasteiger partial charge is 0.269 e. The monoisotopic (exact) mass is 372 g/mol. The minimum absolute atomic E-state index is 0.0784. The molecule has 1 amide bonds. The maximum atomic E-state index is 14.0. The molecule has 140 valence electrons. The molecule has 2 aromatic rings. The van der Waals surface area contributed by atoms with Crippen molar-refractivity contribution >= 4 is 23.1 Å². The zero-order valence-corrected chi connectivity index (χ0v) is 14.8. The highest BCUT2D eigenvalue weighted by Crippen LogP contribution is 2.39. The molecule has 0 aliphatic heterocycles. The molecule has 3 rings (SSSR count). The summed E-state index contributed by atoms with van der Waals surface area (Å²) >= 11 is 0. The molecule has 1 aliphatic rings. The van der Waals surface area contributed by atoms with E-state index in [4.69, 9.17) is 4.74 Å². The molecule has 1 aliphatic carbocycles. The van der Waals surface area contributed by atoms with Gasteiger partial charge in [0, 0.05) is 36.9 Å². The van der Waals surface area contributed by atoms with Crippen molar-refractivity contribution < 1.29 is 23.6 Å². The molecule has 0 radical (unpaired) electrons. The molecule has 0 spiro atoms. The number of likely N-dealkylation sites (N-methyl/N-ethyl adjacent to an activating group) is 1. The summed E-state index contributed by atoms with van der Waals surface area (Å²) < 4.78 is 19.5. The Morgan fingerprint density at radius 3 is 2.59 bits per heavy atom. The van der Waals surface area contributed by atoms with Gasteiger partial charge in [-0.3, -0.25) is 19.7 Å². The van der Waals surface area contributed by atoms with Crippen LogP contribution in [0.15, 0.2) is 36.4 Å². The number of ketones is 1. The fraction of sp³-hybridized carbons (Fsp3) is 0.263. The predicted octanol–water partition coefficient (Wildman–Crippen LogP) is 3.47. The van der Waals surface area contributed by atoms with Crippen LogP contribution in [0, 0.1) is 15.9 Å². The number of amides is 1. The molecule has 7 nitrogen and oxygen atoms in total. The Hall–Kier alpha value is -3.29. The quantitative estimate of drug-likeness (QED) is 0.592. The molecule has 0 aromatic heterocycles. The number of carbonyl (C=O) groups excluding carboxylic acids is 2. The highest BCUT2D eigenvalue weighted by Gasteiger charge is 2.32. The summed E-state index contributed by atoms with van der Waals surface area (Å²) in [4.78, 5) is 36.0. The van der Waals surface area contributed by atoms with Gasteiger partial charge in [-0.2, -0.15) is 0 Å². The Kier molecular flexibility index (Phi) is 4.89. The zero-order chi connectivity index (χ0) is 19.7. The third kappa shape index (κ3) is 3.51. The molecule has 2 aromatic carbocycles. The number of rotatable bonds is 5. The maximum Gasteiger partial charge on any atom is 0.269 e. The van der Waals surface area contributed by atoms with Crippen molar-refractivity contribution in [1.29, 1.82) is 0 Å². The van der Waals surface area contributed by atoms with E-state index in [0.717, 1.165) is 0 Å². The van der Waals surface area contributed by atoms with Gasteiger partial charge >= 0.3 is 0 Å². The standard InChI is InChI=1S/C19H17FN2O5/c1-11-9-15(23)19-16(8-7-14(20)18(11)19)27-10-17(24)21(2)12-3-5-13(6-4-12)22(25)26/h3-8,11H,9-10H2,1-2H3/t11-/m0/s1. The molecular weight excluding hydrogens is 355 g/mol. The number of carbonyl (C=O) groups is 2. The van der Waals surface area contributed by atoms with Crippen molar-refractivity contribution in [2.45, 2.75) is 19.3 Å². The molecule has 0 N–H and O–H groups in total. The average molecular weight is 372 g/mol. The Balaban J connectivity index is 1.73. The maximum absolute atomic E-state index is 14.0. The van der Waals surface area contributed by atoms with Crippen LogP contribution in [-0.4, -0.2) is 30.3 Å². The zero-order valence-electron chi connectivity index (χ0n) is 14.8. The SMILES string of the molecule is C[C@H]1CC(=O)c2c(OCC(=O)N(C)c3ccc([N+](=O)[O-])cc3)ccc(F)c21. The van der Waals surface area contributed by atoms with Crippen molar-refractivity contribution in [3.8, 4) is 5.75 Å². The van der Waals surface area contributed by atoms with Crippen LogP contribution < -0.4 is 9.64 Å². The third-order valence-electron chi connectivity index (χ3n) is 4.59. The first kappa shape index (κ1) is 18.5. The highest BCUT2D eigenvalue weighted by atomic mass is 19.1. The fourth-order valence-corrected chi connectivity index (χ4v) is 3.12. The van der Waals surface area contributed by atoms with E-state index in [2.05, 4.69) is 0 Å². The fourth-order valence-electron chi connectivity index (χ4n) is 3.12. The van der Waals surface area contributed by atoms with Gasteiger partial charge in [0.05, 0.1) is 10.5 Å². The number of hydrogen-bond acceptors (Lipinski definition) is 5. The summed E-state index contributed by atoms with van der Waals surface area (Å²) in [5.74, 6) is -1.12. The summed E-state index contributed by atoms with van der Waals surface area (Å²) in [6.07, 6.45) is 0.212. The lowest BCUT2D eigenvalue weighted by Crippen LogP contribution is -2.31. The van der Waals surface area contributed by atoms with Crippen molar-refractivity contribution in [3.63, 3.8) is 0 Å². The summed E-state index contributed by atoms with van der Waals surface area (Å²) in [7, 11) is 1.51. The highest BCUT2D eigenvalue weighted by molar-refractivity contribution is 6.04. The van der Waals surface area contributed by atoms with E-state index in [1.807, 2.05) is 0 Å². The molecule has 1 atom stereocenters. The van der Waals surface area contributed by atoms with E-state index in [9.17, 15) is 24.1 Å². The van der Waals surface area contributed by atoms with Gasteiger partial charge < -0.3 is 9.64 Å². The van der Waals surface area contributed by atoms with Gasteiger partial charge in [-0.15, -0.1) is 0 Å². The molecule has 0 unspecified atom stereocenters. The average Bonchev–Trinajstić information content (AvgIpc) is 2.95. The number of ether oxygens (including phenoxy) is 1. The van der Waals surface area contributed by atoms with Crippen LogP contribution in [0.25, 0.3) is 0 Å². The Morgan fingerprint density at radius 1 is 1.30 bits per heavy atom. The first-order valence-electron chi connectivity index (χ1n) is 8.29. The number of nitro groups is 1. The van der Waals surface area contributed by atoms with E-state index in [-0.39, 0.29) is 41.7 Å². The molecule has 8 heteroatoms. The summed E-state index contributed by atoms with van der Waals surface area (Å²) in [5.41, 5.74) is 0.913. The van der Waals surface area contributed by atoms with Crippen LogP contribution in [0.1, 0.15) is 35.2 Å². The lowest BCUT2D eigenvalue weighted by Gasteiger charge is -2.18. The summed E-state index contributed by atoms with van der Waals surface area (Å²) in [5, 5.41) is 10.7. The Morgan fingerprint density at radius 2 is 1.96 bits per heavy atom. The topological polar surface area (TPSA) is 89.8 Å². The predicted molar refractivity (Wildman–Crippen MR) is 95.8 cm³/mol. The van der Waals surface area contributed by atoms with Crippen LogP contribution in [0.3, 0.4) is 0 Å². The molecule has 0 heterocycles. The van der Waals surface area contributed by atoms with Crippen LogP contribution in [-0.2, 0) is 4.79 Å². The van der Waals surface area contributed by atoms with Gasteiger partial charge in [0.25, 0.3) is 11.6 Å². The van der Waals surface area contributed by atoms with Gasteiger partial charge in [-0.25, -0.2) is 4.39 Å². The van der Waals surface area contributed by atoms with Crippen molar-refractivity contribution in [2.24, 2.45) is 0 Å². The lowest BCUT2D eigenvalue weighted by atomic mass is 10.0. The normalized spacial score (nSPS) is 15.4. The number of anilines is 1. The third-order valence-corrected chi connectivity index (χ3v) is 4.59. The van der Waals surface area contributed by atoms with Crippen molar-refractivity contribution in [3.05, 3.63) is 63.5 Å². The van der Waals surface area contributed by atoms with E-state index < -0.39 is 16.6 Å². The minimum Gasteiger partial charge on any atom is -0.483 e. The van der Waals surface area contributed by atoms with Crippen LogP contribution in [0.4, 0.5) is 15.8 Å². The second-order valence-electron chi connectivity index (χ2n) is 6.38. The van der Waals surface area contributed by atoms with E-state index in [1.54, 1.807) is 6.92 Å². The van der Waals surface area contributed by atoms with Crippen molar-refractivity contribution in [1.82, 2.24) is 0 Å². The number of nitro benzene ring substituents is 1. The van der Waals surface area contributed by atoms with Gasteiger partial charge in [0.2, 0.25) is 0 Å². The molecule has 0 fully saturated rings. The van der Waals surface area contributed by atoms with E-state index in [1.165, 1.54) is 48.3 Å². The van der Waals surface area contributed by atoms with Crippen LogP contribution in [0.2, 0.25) is 0 Å². The largest absolute Gasteiger partial charge is 0.483 e. The number of hydrogen-bond donors (Lipinski definition) is 0. The van der Waals surface area contributed by atoms with Gasteiger partial charge in [0.1, 0.15) is 11.6 Å². The van der Waals surface area contributed by atoms with Gasteiger partial charge in [0.15, 0.2) is 12.4 Å².